The van der Waals surface area contributed by atoms with Gasteiger partial charge in [-0.05, 0) is 118 Å². The van der Waals surface area contributed by atoms with Gasteiger partial charge in [0.1, 0.15) is 11.2 Å². The second kappa shape index (κ2) is 14.3. The van der Waals surface area contributed by atoms with E-state index in [-0.39, 0.29) is 0 Å². The highest BCUT2D eigenvalue weighted by Gasteiger charge is 2.21. The lowest BCUT2D eigenvalue weighted by atomic mass is 9.97. The number of hydrogen-bond acceptors (Lipinski definition) is 2. The molecule has 12 rings (SSSR count). The maximum absolute atomic E-state index is 6.19. The molecule has 0 spiro atoms. The van der Waals surface area contributed by atoms with Crippen LogP contribution in [0.1, 0.15) is 0 Å². The van der Waals surface area contributed by atoms with E-state index in [4.69, 9.17) is 4.42 Å². The fraction of sp³-hybridized carbons (Fsp3) is 0. The number of anilines is 3. The van der Waals surface area contributed by atoms with Gasteiger partial charge in [-0.25, -0.2) is 0 Å². The van der Waals surface area contributed by atoms with Gasteiger partial charge in [-0.2, -0.15) is 0 Å². The maximum atomic E-state index is 6.19. The Morgan fingerprint density at radius 2 is 0.918 bits per heavy atom. The van der Waals surface area contributed by atoms with Crippen LogP contribution in [0.5, 0.6) is 0 Å². The van der Waals surface area contributed by atoms with Crippen molar-refractivity contribution in [2.75, 3.05) is 4.90 Å². The third-order valence-electron chi connectivity index (χ3n) is 12.1. The molecule has 2 aromatic heterocycles. The van der Waals surface area contributed by atoms with Crippen LogP contribution in [0.3, 0.4) is 0 Å². The zero-order chi connectivity index (χ0) is 40.3. The van der Waals surface area contributed by atoms with Gasteiger partial charge >= 0.3 is 0 Å². The average Bonchev–Trinajstić information content (AvgIpc) is 3.87. The van der Waals surface area contributed by atoms with Crippen LogP contribution in [-0.2, 0) is 0 Å². The van der Waals surface area contributed by atoms with Crippen LogP contribution >= 0.6 is 0 Å². The lowest BCUT2D eigenvalue weighted by Crippen LogP contribution is -2.11. The van der Waals surface area contributed by atoms with Crippen LogP contribution in [0.25, 0.3) is 93.6 Å². The van der Waals surface area contributed by atoms with Crippen LogP contribution in [-0.4, -0.2) is 4.57 Å². The zero-order valence-corrected chi connectivity index (χ0v) is 33.2. The number of hydrogen-bond donors (Lipinski definition) is 0. The van der Waals surface area contributed by atoms with E-state index in [0.717, 1.165) is 72.4 Å². The molecule has 0 unspecified atom stereocenters. The van der Waals surface area contributed by atoms with E-state index in [1.165, 1.54) is 38.2 Å². The van der Waals surface area contributed by atoms with E-state index >= 15 is 0 Å². The van der Waals surface area contributed by atoms with E-state index in [1.807, 2.05) is 12.1 Å². The van der Waals surface area contributed by atoms with E-state index in [2.05, 4.69) is 228 Å². The lowest BCUT2D eigenvalue weighted by Gasteiger charge is -2.28. The van der Waals surface area contributed by atoms with E-state index in [1.54, 1.807) is 0 Å². The van der Waals surface area contributed by atoms with E-state index < -0.39 is 0 Å². The van der Waals surface area contributed by atoms with Gasteiger partial charge in [0.2, 0.25) is 0 Å². The minimum atomic E-state index is 0.903. The second-order valence-corrected chi connectivity index (χ2v) is 15.7. The summed E-state index contributed by atoms with van der Waals surface area (Å²) in [5, 5.41) is 7.04. The van der Waals surface area contributed by atoms with Crippen molar-refractivity contribution in [2.24, 2.45) is 0 Å². The fourth-order valence-corrected chi connectivity index (χ4v) is 9.25. The Hall–Kier alpha value is -8.14. The van der Waals surface area contributed by atoms with Gasteiger partial charge in [-0.15, -0.1) is 0 Å². The molecule has 0 atom stereocenters. The molecule has 3 heteroatoms. The van der Waals surface area contributed by atoms with Crippen LogP contribution in [0.4, 0.5) is 17.1 Å². The first-order valence-electron chi connectivity index (χ1n) is 20.8. The van der Waals surface area contributed by atoms with Crippen molar-refractivity contribution in [3.05, 3.63) is 231 Å². The van der Waals surface area contributed by atoms with Crippen molar-refractivity contribution in [2.45, 2.75) is 0 Å². The van der Waals surface area contributed by atoms with Gasteiger partial charge in [-0.3, -0.25) is 0 Å². The van der Waals surface area contributed by atoms with Gasteiger partial charge in [-0.1, -0.05) is 152 Å². The summed E-state index contributed by atoms with van der Waals surface area (Å²) in [6.07, 6.45) is 0. The Morgan fingerprint density at radius 1 is 0.311 bits per heavy atom. The number of fused-ring (bicyclic) bond motifs is 7. The Labute approximate surface area is 353 Å². The molecule has 286 valence electrons. The fourth-order valence-electron chi connectivity index (χ4n) is 9.25. The third-order valence-corrected chi connectivity index (χ3v) is 12.1. The number of para-hydroxylation sites is 2. The predicted molar refractivity (Wildman–Crippen MR) is 257 cm³/mol. The first-order valence-corrected chi connectivity index (χ1v) is 20.8. The number of benzene rings is 10. The lowest BCUT2D eigenvalue weighted by molar-refractivity contribution is 0.669. The molecule has 2 heterocycles. The summed E-state index contributed by atoms with van der Waals surface area (Å²) in [6.45, 7) is 0. The molecule has 0 amide bonds. The molecular formula is C58H38N2O. The highest BCUT2D eigenvalue weighted by atomic mass is 16.3. The molecule has 0 aliphatic rings. The van der Waals surface area contributed by atoms with Crippen molar-refractivity contribution >= 4 is 71.6 Å². The van der Waals surface area contributed by atoms with Crippen molar-refractivity contribution in [1.82, 2.24) is 4.57 Å². The van der Waals surface area contributed by atoms with Crippen molar-refractivity contribution < 1.29 is 4.42 Å². The number of aromatic nitrogens is 1. The molecule has 0 bridgehead atoms. The van der Waals surface area contributed by atoms with Crippen LogP contribution < -0.4 is 4.90 Å². The first kappa shape index (κ1) is 34.9. The highest BCUT2D eigenvalue weighted by Crippen LogP contribution is 2.45. The number of nitrogens with zero attached hydrogens (tertiary/aromatic N) is 2. The molecular weight excluding hydrogens is 741 g/mol. The van der Waals surface area contributed by atoms with Crippen molar-refractivity contribution in [3.8, 4) is 39.1 Å². The summed E-state index contributed by atoms with van der Waals surface area (Å²) >= 11 is 0. The molecule has 0 aliphatic carbocycles. The number of furan rings is 1. The van der Waals surface area contributed by atoms with Crippen LogP contribution in [0.2, 0.25) is 0 Å². The SMILES string of the molecule is c1ccc(-c2cc(-c3ccccc3)cc(N(c3ccc4c5cc(-c6ccc7oc8ccccc8c7c6)ccc5n(-c5ccccc5)c4c3)c3cccc4ccccc34)c2)cc1. The Balaban J connectivity index is 1.10. The highest BCUT2D eigenvalue weighted by molar-refractivity contribution is 6.13. The molecule has 0 aliphatic heterocycles. The zero-order valence-electron chi connectivity index (χ0n) is 33.2. The van der Waals surface area contributed by atoms with Gasteiger partial charge in [0.15, 0.2) is 0 Å². The number of rotatable bonds is 7. The smallest absolute Gasteiger partial charge is 0.135 e. The van der Waals surface area contributed by atoms with Gasteiger partial charge in [0.05, 0.1) is 16.7 Å². The maximum Gasteiger partial charge on any atom is 0.135 e. The third kappa shape index (κ3) is 5.98. The molecule has 0 saturated heterocycles. The largest absolute Gasteiger partial charge is 0.456 e. The normalized spacial score (nSPS) is 11.6. The molecule has 0 radical (unpaired) electrons. The molecule has 0 fully saturated rings. The predicted octanol–water partition coefficient (Wildman–Crippen LogP) is 16.3. The summed E-state index contributed by atoms with van der Waals surface area (Å²) < 4.78 is 8.61. The Kier molecular flexibility index (Phi) is 8.17. The Morgan fingerprint density at radius 3 is 1.67 bits per heavy atom. The monoisotopic (exact) mass is 778 g/mol. The van der Waals surface area contributed by atoms with E-state index in [0.29, 0.717) is 0 Å². The molecule has 10 aromatic carbocycles. The van der Waals surface area contributed by atoms with Gasteiger partial charge < -0.3 is 13.9 Å². The minimum Gasteiger partial charge on any atom is -0.456 e. The Bertz CT molecular complexity index is 3520. The standard InChI is InChI=1S/C58H38N2O/c1-4-15-39(16-5-1)44-33-45(40-17-6-2-7-18-40)35-48(34-44)59(54-25-14-20-41-19-10-11-23-49(41)54)47-29-30-50-52-36-42(27-31-55(52)60(56(50)38-47)46-21-8-3-9-22-46)43-28-32-58-53(37-43)51-24-12-13-26-57(51)61-58/h1-38H. The summed E-state index contributed by atoms with van der Waals surface area (Å²) in [4.78, 5) is 2.45. The molecule has 0 saturated carbocycles. The molecule has 0 N–H and O–H groups in total. The quantitative estimate of drug-likeness (QED) is 0.161. The summed E-state index contributed by atoms with van der Waals surface area (Å²) in [6, 6.07) is 83.2. The summed E-state index contributed by atoms with van der Waals surface area (Å²) in [5.74, 6) is 0. The van der Waals surface area contributed by atoms with Gasteiger partial charge in [0.25, 0.3) is 0 Å². The first-order chi connectivity index (χ1) is 30.2. The van der Waals surface area contributed by atoms with Crippen molar-refractivity contribution in [1.29, 1.82) is 0 Å². The average molecular weight is 779 g/mol. The molecule has 3 nitrogen and oxygen atoms in total. The van der Waals surface area contributed by atoms with Crippen LogP contribution in [0.15, 0.2) is 235 Å². The second-order valence-electron chi connectivity index (χ2n) is 15.7. The minimum absolute atomic E-state index is 0.903. The molecule has 61 heavy (non-hydrogen) atoms. The molecule has 12 aromatic rings. The van der Waals surface area contributed by atoms with Crippen molar-refractivity contribution in [3.63, 3.8) is 0 Å². The van der Waals surface area contributed by atoms with Crippen LogP contribution in [0, 0.1) is 0 Å². The summed E-state index contributed by atoms with van der Waals surface area (Å²) in [7, 11) is 0. The topological polar surface area (TPSA) is 21.3 Å². The summed E-state index contributed by atoms with van der Waals surface area (Å²) in [5.41, 5.74) is 15.5. The van der Waals surface area contributed by atoms with E-state index in [9.17, 15) is 0 Å². The van der Waals surface area contributed by atoms with Gasteiger partial charge in [0, 0.05) is 44.0 Å².